The van der Waals surface area contributed by atoms with E-state index in [0.29, 0.717) is 6.42 Å². The van der Waals surface area contributed by atoms with E-state index in [2.05, 4.69) is 10.3 Å². The maximum Gasteiger partial charge on any atom is 0.422 e. The summed E-state index contributed by atoms with van der Waals surface area (Å²) < 4.78 is 42.2. The highest BCUT2D eigenvalue weighted by Crippen LogP contribution is 2.29. The monoisotopic (exact) mass is 367 g/mol. The van der Waals surface area contributed by atoms with Gasteiger partial charge in [-0.2, -0.15) is 13.2 Å². The molecule has 2 rings (SSSR count). The predicted octanol–water partition coefficient (Wildman–Crippen LogP) is 3.29. The van der Waals surface area contributed by atoms with Gasteiger partial charge in [-0.15, -0.1) is 0 Å². The second-order valence-electron chi connectivity index (χ2n) is 6.00. The number of aromatic nitrogens is 1. The van der Waals surface area contributed by atoms with E-state index in [1.54, 1.807) is 31.5 Å². The maximum atomic E-state index is 12.4. The van der Waals surface area contributed by atoms with E-state index in [1.807, 2.05) is 12.1 Å². The molecule has 1 unspecified atom stereocenters. The van der Waals surface area contributed by atoms with Crippen LogP contribution in [0.1, 0.15) is 24.5 Å². The van der Waals surface area contributed by atoms with Crippen molar-refractivity contribution in [3.8, 4) is 5.75 Å². The van der Waals surface area contributed by atoms with E-state index in [-0.39, 0.29) is 23.9 Å². The van der Waals surface area contributed by atoms with Crippen LogP contribution in [0.25, 0.3) is 0 Å². The summed E-state index contributed by atoms with van der Waals surface area (Å²) in [5.74, 6) is -0.434. The second kappa shape index (κ2) is 8.66. The molecular formula is C18H20F3N3O2. The summed E-state index contributed by atoms with van der Waals surface area (Å²) in [5.41, 5.74) is 7.57. The first-order valence-corrected chi connectivity index (χ1v) is 8.00. The third-order valence-corrected chi connectivity index (χ3v) is 3.37. The Balaban J connectivity index is 2.21. The van der Waals surface area contributed by atoms with Gasteiger partial charge < -0.3 is 15.8 Å². The lowest BCUT2D eigenvalue weighted by atomic mass is 10.0. The quantitative estimate of drug-likeness (QED) is 0.787. The zero-order chi connectivity index (χ0) is 19.2. The molecule has 140 valence electrons. The van der Waals surface area contributed by atoms with Gasteiger partial charge in [-0.1, -0.05) is 6.07 Å². The topological polar surface area (TPSA) is 77.2 Å². The highest BCUT2D eigenvalue weighted by atomic mass is 19.4. The molecule has 5 nitrogen and oxygen atoms in total. The number of ether oxygens (including phenoxy) is 1. The largest absolute Gasteiger partial charge is 0.482 e. The first kappa shape index (κ1) is 19.7. The van der Waals surface area contributed by atoms with E-state index in [9.17, 15) is 18.0 Å². The molecule has 0 radical (unpaired) electrons. The molecule has 0 saturated heterocycles. The van der Waals surface area contributed by atoms with Gasteiger partial charge in [0.25, 0.3) is 0 Å². The van der Waals surface area contributed by atoms with Crippen LogP contribution in [0, 0.1) is 0 Å². The average Bonchev–Trinajstić information content (AvgIpc) is 2.53. The molecule has 3 N–H and O–H groups in total. The van der Waals surface area contributed by atoms with Gasteiger partial charge in [0, 0.05) is 24.9 Å². The molecule has 0 fully saturated rings. The van der Waals surface area contributed by atoms with Crippen LogP contribution in [-0.2, 0) is 11.2 Å². The molecule has 1 aromatic carbocycles. The van der Waals surface area contributed by atoms with Crippen molar-refractivity contribution >= 4 is 11.6 Å². The zero-order valence-electron chi connectivity index (χ0n) is 14.2. The third kappa shape index (κ3) is 6.72. The minimum atomic E-state index is -4.47. The molecule has 0 aliphatic rings. The Morgan fingerprint density at radius 2 is 1.92 bits per heavy atom. The van der Waals surface area contributed by atoms with E-state index < -0.39 is 18.7 Å². The first-order valence-electron chi connectivity index (χ1n) is 8.00. The van der Waals surface area contributed by atoms with E-state index in [0.717, 1.165) is 11.1 Å². The number of benzene rings is 1. The summed E-state index contributed by atoms with van der Waals surface area (Å²) in [6.45, 7) is 0.230. The minimum absolute atomic E-state index is 0.0428. The number of carbonyl (C=O) groups is 1. The SMILES string of the molecule is CC(N)CC(=O)Nc1cc(Cc2ccncc2)ccc1OCC(F)(F)F. The highest BCUT2D eigenvalue weighted by molar-refractivity contribution is 5.92. The molecule has 1 heterocycles. The summed E-state index contributed by atoms with van der Waals surface area (Å²) in [5, 5.41) is 2.58. The number of nitrogens with one attached hydrogen (secondary N) is 1. The predicted molar refractivity (Wildman–Crippen MR) is 91.9 cm³/mol. The molecule has 0 saturated carbocycles. The minimum Gasteiger partial charge on any atom is -0.482 e. The Morgan fingerprint density at radius 1 is 1.23 bits per heavy atom. The second-order valence-corrected chi connectivity index (χ2v) is 6.00. The van der Waals surface area contributed by atoms with Gasteiger partial charge in [-0.25, -0.2) is 0 Å². The Labute approximate surface area is 149 Å². The molecule has 8 heteroatoms. The van der Waals surface area contributed by atoms with Crippen LogP contribution in [0.4, 0.5) is 18.9 Å². The summed E-state index contributed by atoms with van der Waals surface area (Å²) in [6, 6.07) is 7.99. The Bertz CT molecular complexity index is 734. The lowest BCUT2D eigenvalue weighted by molar-refractivity contribution is -0.153. The van der Waals surface area contributed by atoms with Crippen LogP contribution in [0.5, 0.6) is 5.75 Å². The van der Waals surface area contributed by atoms with Crippen LogP contribution in [-0.4, -0.2) is 29.7 Å². The van der Waals surface area contributed by atoms with Gasteiger partial charge in [0.2, 0.25) is 5.91 Å². The molecule has 1 aromatic heterocycles. The summed E-state index contributed by atoms with van der Waals surface area (Å²) >= 11 is 0. The summed E-state index contributed by atoms with van der Waals surface area (Å²) in [7, 11) is 0. The highest BCUT2D eigenvalue weighted by Gasteiger charge is 2.29. The Morgan fingerprint density at radius 3 is 2.54 bits per heavy atom. The van der Waals surface area contributed by atoms with Gasteiger partial charge in [-0.3, -0.25) is 9.78 Å². The van der Waals surface area contributed by atoms with Crippen LogP contribution in [0.15, 0.2) is 42.7 Å². The van der Waals surface area contributed by atoms with Crippen LogP contribution < -0.4 is 15.8 Å². The van der Waals surface area contributed by atoms with Gasteiger partial charge >= 0.3 is 6.18 Å². The Hall–Kier alpha value is -2.61. The summed E-state index contributed by atoms with van der Waals surface area (Å²) in [6.07, 6.45) is -0.572. The Kier molecular flexibility index (Phi) is 6.57. The number of nitrogens with zero attached hydrogens (tertiary/aromatic N) is 1. The van der Waals surface area contributed by atoms with Crippen LogP contribution >= 0.6 is 0 Å². The first-order chi connectivity index (χ1) is 12.2. The van der Waals surface area contributed by atoms with Gasteiger partial charge in [0.15, 0.2) is 6.61 Å². The molecule has 1 atom stereocenters. The molecule has 26 heavy (non-hydrogen) atoms. The number of hydrogen-bond donors (Lipinski definition) is 2. The number of halogens is 3. The number of alkyl halides is 3. The zero-order valence-corrected chi connectivity index (χ0v) is 14.2. The standard InChI is InChI=1S/C18H20F3N3O2/c1-12(22)8-17(25)24-15-10-14(9-13-4-6-23-7-5-13)2-3-16(15)26-11-18(19,20)21/h2-7,10,12H,8-9,11,22H2,1H3,(H,24,25). The van der Waals surface area contributed by atoms with Crippen molar-refractivity contribution in [2.24, 2.45) is 5.73 Å². The van der Waals surface area contributed by atoms with E-state index in [1.165, 1.54) is 6.07 Å². The number of carbonyl (C=O) groups excluding carboxylic acids is 1. The van der Waals surface area contributed by atoms with Gasteiger partial charge in [0.05, 0.1) is 5.69 Å². The fourth-order valence-electron chi connectivity index (χ4n) is 2.30. The number of nitrogens with two attached hydrogens (primary N) is 1. The third-order valence-electron chi connectivity index (χ3n) is 3.37. The lowest BCUT2D eigenvalue weighted by Crippen LogP contribution is -2.24. The fraction of sp³-hybridized carbons (Fsp3) is 0.333. The number of rotatable bonds is 7. The molecule has 0 aliphatic carbocycles. The molecular weight excluding hydrogens is 347 g/mol. The number of anilines is 1. The van der Waals surface area contributed by atoms with Crippen molar-refractivity contribution in [2.75, 3.05) is 11.9 Å². The van der Waals surface area contributed by atoms with E-state index >= 15 is 0 Å². The number of pyridine rings is 1. The number of hydrogen-bond acceptors (Lipinski definition) is 4. The van der Waals surface area contributed by atoms with Crippen molar-refractivity contribution in [1.29, 1.82) is 0 Å². The fourth-order valence-corrected chi connectivity index (χ4v) is 2.30. The van der Waals surface area contributed by atoms with Crippen molar-refractivity contribution < 1.29 is 22.7 Å². The number of amides is 1. The normalized spacial score (nSPS) is 12.5. The maximum absolute atomic E-state index is 12.4. The molecule has 0 aliphatic heterocycles. The lowest BCUT2D eigenvalue weighted by Gasteiger charge is -2.16. The van der Waals surface area contributed by atoms with Crippen molar-refractivity contribution in [1.82, 2.24) is 4.98 Å². The van der Waals surface area contributed by atoms with Crippen molar-refractivity contribution in [2.45, 2.75) is 32.0 Å². The average molecular weight is 367 g/mol. The van der Waals surface area contributed by atoms with Gasteiger partial charge in [-0.05, 0) is 48.7 Å². The van der Waals surface area contributed by atoms with Crippen LogP contribution in [0.2, 0.25) is 0 Å². The molecule has 1 amide bonds. The van der Waals surface area contributed by atoms with Crippen molar-refractivity contribution in [3.05, 3.63) is 53.9 Å². The van der Waals surface area contributed by atoms with Gasteiger partial charge in [0.1, 0.15) is 5.75 Å². The molecule has 2 aromatic rings. The van der Waals surface area contributed by atoms with E-state index in [4.69, 9.17) is 10.5 Å². The molecule has 0 bridgehead atoms. The van der Waals surface area contributed by atoms with Crippen molar-refractivity contribution in [3.63, 3.8) is 0 Å². The summed E-state index contributed by atoms with van der Waals surface area (Å²) in [4.78, 5) is 15.9. The smallest absolute Gasteiger partial charge is 0.422 e. The van der Waals surface area contributed by atoms with Crippen LogP contribution in [0.3, 0.4) is 0 Å². The molecule has 0 spiro atoms.